The first kappa shape index (κ1) is 14.3. The van der Waals surface area contributed by atoms with Gasteiger partial charge >= 0.3 is 5.97 Å². The number of hydrogen-bond donors (Lipinski definition) is 1. The lowest BCUT2D eigenvalue weighted by Crippen LogP contribution is -2.13. The van der Waals surface area contributed by atoms with Crippen LogP contribution < -0.4 is 5.32 Å². The van der Waals surface area contributed by atoms with Crippen LogP contribution in [0.1, 0.15) is 20.0 Å². The number of thiophene rings is 2. The zero-order valence-corrected chi connectivity index (χ0v) is 12.7. The van der Waals surface area contributed by atoms with Crippen molar-refractivity contribution >= 4 is 63.4 Å². The summed E-state index contributed by atoms with van der Waals surface area (Å²) in [6.07, 6.45) is 0. The average molecular weight is 336 g/mol. The summed E-state index contributed by atoms with van der Waals surface area (Å²) in [6, 6.07) is 3.10. The lowest BCUT2D eigenvalue weighted by molar-refractivity contribution is 0.0607. The van der Waals surface area contributed by atoms with Crippen molar-refractivity contribution in [3.63, 3.8) is 0 Å². The first-order valence-electron chi connectivity index (χ1n) is 4.95. The molecule has 0 saturated heterocycles. The van der Waals surface area contributed by atoms with Crippen molar-refractivity contribution in [2.45, 2.75) is 0 Å². The van der Waals surface area contributed by atoms with Gasteiger partial charge in [0.05, 0.1) is 22.7 Å². The predicted molar refractivity (Wildman–Crippen MR) is 78.0 cm³/mol. The molecule has 0 aromatic carbocycles. The van der Waals surface area contributed by atoms with Gasteiger partial charge < -0.3 is 10.1 Å². The smallest absolute Gasteiger partial charge is 0.350 e. The third-order valence-corrected chi connectivity index (χ3v) is 4.57. The number of methoxy groups -OCH3 is 1. The van der Waals surface area contributed by atoms with E-state index in [1.165, 1.54) is 24.5 Å². The zero-order chi connectivity index (χ0) is 14.0. The number of esters is 1. The Hall–Kier alpha value is -1.08. The lowest BCUT2D eigenvalue weighted by atomic mass is 10.3. The second-order valence-electron chi connectivity index (χ2n) is 3.35. The summed E-state index contributed by atoms with van der Waals surface area (Å²) < 4.78 is 5.35. The van der Waals surface area contributed by atoms with E-state index in [0.717, 1.165) is 11.3 Å². The zero-order valence-electron chi connectivity index (χ0n) is 9.53. The van der Waals surface area contributed by atoms with Crippen molar-refractivity contribution in [2.75, 3.05) is 12.4 Å². The molecule has 0 bridgehead atoms. The molecule has 1 N–H and O–H groups in total. The van der Waals surface area contributed by atoms with Gasteiger partial charge in [-0.1, -0.05) is 23.2 Å². The largest absolute Gasteiger partial charge is 0.465 e. The van der Waals surface area contributed by atoms with E-state index in [0.29, 0.717) is 19.2 Å². The van der Waals surface area contributed by atoms with Gasteiger partial charge in [-0.15, -0.1) is 22.7 Å². The van der Waals surface area contributed by atoms with Crippen LogP contribution in [0.3, 0.4) is 0 Å². The van der Waals surface area contributed by atoms with Crippen LogP contribution in [0.5, 0.6) is 0 Å². The summed E-state index contributed by atoms with van der Waals surface area (Å²) in [5, 5.41) is 4.30. The Morgan fingerprint density at radius 3 is 2.68 bits per heavy atom. The number of halogens is 2. The first-order valence-corrected chi connectivity index (χ1v) is 7.40. The third kappa shape index (κ3) is 3.09. The molecule has 0 saturated carbocycles. The number of carbonyl (C=O) groups is 2. The van der Waals surface area contributed by atoms with E-state index < -0.39 is 11.9 Å². The van der Waals surface area contributed by atoms with Gasteiger partial charge in [0.15, 0.2) is 0 Å². The van der Waals surface area contributed by atoms with E-state index in [9.17, 15) is 9.59 Å². The Morgan fingerprint density at radius 2 is 2.11 bits per heavy atom. The Kier molecular flexibility index (Phi) is 4.46. The summed E-state index contributed by atoms with van der Waals surface area (Å²) >= 11 is 14.0. The molecule has 2 aromatic rings. The molecule has 0 aliphatic heterocycles. The Labute approximate surface area is 126 Å². The average Bonchev–Trinajstić information content (AvgIpc) is 2.95. The van der Waals surface area contributed by atoms with Gasteiger partial charge in [-0.05, 0) is 17.5 Å². The molecule has 100 valence electrons. The van der Waals surface area contributed by atoms with Crippen LogP contribution in [0, 0.1) is 0 Å². The highest BCUT2D eigenvalue weighted by molar-refractivity contribution is 7.20. The van der Waals surface area contributed by atoms with Crippen molar-refractivity contribution in [1.82, 2.24) is 0 Å². The fraction of sp³-hybridized carbons (Fsp3) is 0.0909. The van der Waals surface area contributed by atoms with Crippen LogP contribution in [0.2, 0.25) is 8.67 Å². The molecule has 0 aliphatic rings. The van der Waals surface area contributed by atoms with Crippen molar-refractivity contribution in [3.05, 3.63) is 36.6 Å². The number of amides is 1. The van der Waals surface area contributed by atoms with E-state index in [-0.39, 0.29) is 5.56 Å². The quantitative estimate of drug-likeness (QED) is 0.857. The summed E-state index contributed by atoms with van der Waals surface area (Å²) in [6.45, 7) is 0. The number of hydrogen-bond acceptors (Lipinski definition) is 5. The lowest BCUT2D eigenvalue weighted by Gasteiger charge is -2.04. The molecular formula is C11H7Cl2NO3S2. The Balaban J connectivity index is 2.22. The second kappa shape index (κ2) is 5.92. The van der Waals surface area contributed by atoms with E-state index >= 15 is 0 Å². The molecule has 0 fully saturated rings. The van der Waals surface area contributed by atoms with Crippen LogP contribution in [-0.4, -0.2) is 19.0 Å². The molecule has 2 rings (SSSR count). The van der Waals surface area contributed by atoms with Crippen LogP contribution in [0.4, 0.5) is 5.69 Å². The molecule has 0 unspecified atom stereocenters. The van der Waals surface area contributed by atoms with Crippen molar-refractivity contribution in [2.24, 2.45) is 0 Å². The highest BCUT2D eigenvalue weighted by Gasteiger charge is 2.19. The summed E-state index contributed by atoms with van der Waals surface area (Å²) in [5.74, 6) is -0.920. The minimum atomic E-state index is -0.500. The summed E-state index contributed by atoms with van der Waals surface area (Å²) in [5.41, 5.74) is 0.666. The minimum absolute atomic E-state index is 0.277. The Bertz CT molecular complexity index is 636. The van der Waals surface area contributed by atoms with Gasteiger partial charge in [-0.2, -0.15) is 0 Å². The molecule has 2 heterocycles. The van der Waals surface area contributed by atoms with Gasteiger partial charge in [0, 0.05) is 0 Å². The van der Waals surface area contributed by atoms with Crippen LogP contribution in [0.15, 0.2) is 17.5 Å². The maximum atomic E-state index is 12.0. The highest BCUT2D eigenvalue weighted by atomic mass is 35.5. The monoisotopic (exact) mass is 335 g/mol. The predicted octanol–water partition coefficient (Wildman–Crippen LogP) is 4.16. The van der Waals surface area contributed by atoms with Gasteiger partial charge in [0.25, 0.3) is 5.91 Å². The standard InChI is InChI=1S/C11H7Cl2NO3S2/c1-17-11(16)8-6(2-3-18-8)14-10(15)5-4-7(12)19-9(5)13/h2-4H,1H3,(H,14,15). The van der Waals surface area contributed by atoms with E-state index in [2.05, 4.69) is 10.1 Å². The first-order chi connectivity index (χ1) is 9.02. The second-order valence-corrected chi connectivity index (χ2v) is 6.55. The summed E-state index contributed by atoms with van der Waals surface area (Å²) in [7, 11) is 1.28. The number of nitrogens with one attached hydrogen (secondary N) is 1. The molecule has 2 aromatic heterocycles. The maximum absolute atomic E-state index is 12.0. The molecule has 0 atom stereocenters. The fourth-order valence-corrected chi connectivity index (χ4v) is 3.57. The molecule has 4 nitrogen and oxygen atoms in total. The number of anilines is 1. The molecule has 8 heteroatoms. The van der Waals surface area contributed by atoms with Crippen molar-refractivity contribution < 1.29 is 14.3 Å². The molecular weight excluding hydrogens is 329 g/mol. The van der Waals surface area contributed by atoms with Gasteiger partial charge in [0.2, 0.25) is 0 Å². The van der Waals surface area contributed by atoms with E-state index in [1.807, 2.05) is 0 Å². The minimum Gasteiger partial charge on any atom is -0.465 e. The van der Waals surface area contributed by atoms with Crippen molar-refractivity contribution in [1.29, 1.82) is 0 Å². The van der Waals surface area contributed by atoms with E-state index in [1.54, 1.807) is 11.4 Å². The number of carbonyl (C=O) groups excluding carboxylic acids is 2. The topological polar surface area (TPSA) is 55.4 Å². The third-order valence-electron chi connectivity index (χ3n) is 2.19. The normalized spacial score (nSPS) is 10.3. The molecule has 1 amide bonds. The van der Waals surface area contributed by atoms with Crippen LogP contribution in [0.25, 0.3) is 0 Å². The number of ether oxygens (including phenoxy) is 1. The van der Waals surface area contributed by atoms with E-state index in [4.69, 9.17) is 23.2 Å². The summed E-state index contributed by atoms with van der Waals surface area (Å²) in [4.78, 5) is 23.8. The highest BCUT2D eigenvalue weighted by Crippen LogP contribution is 2.32. The van der Waals surface area contributed by atoms with Gasteiger partial charge in [0.1, 0.15) is 9.21 Å². The fourth-order valence-electron chi connectivity index (χ4n) is 1.34. The molecule has 0 aliphatic carbocycles. The molecule has 0 spiro atoms. The Morgan fingerprint density at radius 1 is 1.37 bits per heavy atom. The van der Waals surface area contributed by atoms with Gasteiger partial charge in [-0.25, -0.2) is 4.79 Å². The maximum Gasteiger partial charge on any atom is 0.350 e. The van der Waals surface area contributed by atoms with Crippen LogP contribution >= 0.6 is 45.9 Å². The van der Waals surface area contributed by atoms with Gasteiger partial charge in [-0.3, -0.25) is 4.79 Å². The SMILES string of the molecule is COC(=O)c1sccc1NC(=O)c1cc(Cl)sc1Cl. The molecule has 19 heavy (non-hydrogen) atoms. The van der Waals surface area contributed by atoms with Crippen LogP contribution in [-0.2, 0) is 4.74 Å². The molecule has 0 radical (unpaired) electrons. The number of rotatable bonds is 3. The van der Waals surface area contributed by atoms with Crippen molar-refractivity contribution in [3.8, 4) is 0 Å².